The largest absolute Gasteiger partial charge is 0.381 e. The number of aryl methyl sites for hydroxylation is 1. The highest BCUT2D eigenvalue weighted by Crippen LogP contribution is 2.24. The molecule has 0 spiro atoms. The Hall–Kier alpha value is -1.08. The van der Waals surface area contributed by atoms with Crippen molar-refractivity contribution in [1.29, 1.82) is 0 Å². The highest BCUT2D eigenvalue weighted by molar-refractivity contribution is 7.89. The summed E-state index contributed by atoms with van der Waals surface area (Å²) in [5.41, 5.74) is 6.22. The van der Waals surface area contributed by atoms with Crippen LogP contribution in [0, 0.1) is 6.92 Å². The van der Waals surface area contributed by atoms with Crippen LogP contribution in [0.5, 0.6) is 0 Å². The number of aromatic nitrogens is 2. The molecule has 0 aliphatic rings. The second-order valence-corrected chi connectivity index (χ2v) is 6.09. The predicted octanol–water partition coefficient (Wildman–Crippen LogP) is 0.731. The summed E-state index contributed by atoms with van der Waals surface area (Å²) in [5.74, 6) is 0.0633. The van der Waals surface area contributed by atoms with Gasteiger partial charge >= 0.3 is 0 Å². The van der Waals surface area contributed by atoms with Crippen LogP contribution in [-0.2, 0) is 17.1 Å². The summed E-state index contributed by atoms with van der Waals surface area (Å²) in [6.07, 6.45) is 1.77. The van der Waals surface area contributed by atoms with Crippen LogP contribution < -0.4 is 5.73 Å². The van der Waals surface area contributed by atoms with Gasteiger partial charge in [-0.3, -0.25) is 4.68 Å². The van der Waals surface area contributed by atoms with Crippen molar-refractivity contribution in [3.05, 3.63) is 5.69 Å². The standard InChI is InChI=1S/C10H20N4O2S/c1-5-6-7-13(3)17(15,16)9-8(2)14(4)12-10(9)11/h5-7H2,1-4H3,(H2,11,12). The fourth-order valence-corrected chi connectivity index (χ4v) is 3.08. The van der Waals surface area contributed by atoms with Gasteiger partial charge in [0.25, 0.3) is 0 Å². The molecule has 1 heterocycles. The van der Waals surface area contributed by atoms with Crippen LogP contribution in [0.1, 0.15) is 25.5 Å². The summed E-state index contributed by atoms with van der Waals surface area (Å²) in [5, 5.41) is 3.93. The van der Waals surface area contributed by atoms with Gasteiger partial charge in [-0.2, -0.15) is 5.10 Å². The van der Waals surface area contributed by atoms with Crippen molar-refractivity contribution >= 4 is 15.8 Å². The zero-order chi connectivity index (χ0) is 13.2. The number of hydrogen-bond acceptors (Lipinski definition) is 4. The molecule has 0 aliphatic carbocycles. The van der Waals surface area contributed by atoms with Gasteiger partial charge in [0.05, 0.1) is 5.69 Å². The average Bonchev–Trinajstić information content (AvgIpc) is 2.49. The quantitative estimate of drug-likeness (QED) is 0.846. The zero-order valence-electron chi connectivity index (χ0n) is 10.8. The van der Waals surface area contributed by atoms with Crippen molar-refractivity contribution in [2.75, 3.05) is 19.3 Å². The number of nitrogens with two attached hydrogens (primary N) is 1. The van der Waals surface area contributed by atoms with Crippen molar-refractivity contribution < 1.29 is 8.42 Å². The van der Waals surface area contributed by atoms with E-state index in [1.54, 1.807) is 21.0 Å². The molecular weight excluding hydrogens is 240 g/mol. The first-order chi connectivity index (χ1) is 7.82. The molecule has 0 bridgehead atoms. The van der Waals surface area contributed by atoms with Crippen molar-refractivity contribution in [3.63, 3.8) is 0 Å². The fraction of sp³-hybridized carbons (Fsp3) is 0.700. The van der Waals surface area contributed by atoms with Crippen molar-refractivity contribution in [2.45, 2.75) is 31.6 Å². The summed E-state index contributed by atoms with van der Waals surface area (Å²) in [6, 6.07) is 0. The topological polar surface area (TPSA) is 81.2 Å². The zero-order valence-corrected chi connectivity index (χ0v) is 11.6. The van der Waals surface area contributed by atoms with Crippen molar-refractivity contribution in [1.82, 2.24) is 14.1 Å². The number of rotatable bonds is 5. The van der Waals surface area contributed by atoms with E-state index in [0.717, 1.165) is 12.8 Å². The van der Waals surface area contributed by atoms with E-state index in [9.17, 15) is 8.42 Å². The van der Waals surface area contributed by atoms with Crippen LogP contribution in [0.25, 0.3) is 0 Å². The highest BCUT2D eigenvalue weighted by Gasteiger charge is 2.28. The average molecular weight is 260 g/mol. The Morgan fingerprint density at radius 1 is 1.47 bits per heavy atom. The first-order valence-corrected chi connectivity index (χ1v) is 7.01. The minimum atomic E-state index is -3.53. The number of hydrogen-bond donors (Lipinski definition) is 1. The number of anilines is 1. The van der Waals surface area contributed by atoms with Gasteiger partial charge in [0.1, 0.15) is 4.90 Å². The van der Waals surface area contributed by atoms with Gasteiger partial charge in [0.2, 0.25) is 10.0 Å². The molecule has 0 amide bonds. The molecule has 17 heavy (non-hydrogen) atoms. The van der Waals surface area contributed by atoms with Gasteiger partial charge in [-0.15, -0.1) is 0 Å². The molecule has 1 aromatic rings. The highest BCUT2D eigenvalue weighted by atomic mass is 32.2. The van der Waals surface area contributed by atoms with Gasteiger partial charge in [0.15, 0.2) is 5.82 Å². The molecule has 0 aromatic carbocycles. The van der Waals surface area contributed by atoms with Crippen molar-refractivity contribution in [2.24, 2.45) is 7.05 Å². The summed E-state index contributed by atoms with van der Waals surface area (Å²) >= 11 is 0. The lowest BCUT2D eigenvalue weighted by molar-refractivity contribution is 0.459. The van der Waals surface area contributed by atoms with Gasteiger partial charge in [-0.1, -0.05) is 13.3 Å². The maximum absolute atomic E-state index is 12.3. The third-order valence-electron chi connectivity index (χ3n) is 2.80. The van der Waals surface area contributed by atoms with Crippen LogP contribution >= 0.6 is 0 Å². The molecule has 0 unspecified atom stereocenters. The molecule has 2 N–H and O–H groups in total. The van der Waals surface area contributed by atoms with Crippen LogP contribution in [0.3, 0.4) is 0 Å². The number of nitrogen functional groups attached to an aromatic ring is 1. The van der Waals surface area contributed by atoms with E-state index in [2.05, 4.69) is 5.10 Å². The maximum Gasteiger partial charge on any atom is 0.248 e. The van der Waals surface area contributed by atoms with Crippen LogP contribution in [-0.4, -0.2) is 36.1 Å². The summed E-state index contributed by atoms with van der Waals surface area (Å²) in [4.78, 5) is 0.124. The van der Waals surface area contributed by atoms with E-state index < -0.39 is 10.0 Å². The maximum atomic E-state index is 12.3. The lowest BCUT2D eigenvalue weighted by Gasteiger charge is -2.16. The number of unbranched alkanes of at least 4 members (excludes halogenated alkanes) is 1. The molecule has 0 radical (unpaired) electrons. The minimum absolute atomic E-state index is 0.0633. The molecule has 0 saturated heterocycles. The summed E-state index contributed by atoms with van der Waals surface area (Å²) in [6.45, 7) is 4.21. The monoisotopic (exact) mass is 260 g/mol. The normalized spacial score (nSPS) is 12.3. The fourth-order valence-electron chi connectivity index (χ4n) is 1.59. The van der Waals surface area contributed by atoms with E-state index in [0.29, 0.717) is 12.2 Å². The molecule has 0 saturated carbocycles. The van der Waals surface area contributed by atoms with Crippen LogP contribution in [0.15, 0.2) is 4.90 Å². The molecule has 1 aromatic heterocycles. The van der Waals surface area contributed by atoms with E-state index >= 15 is 0 Å². The lowest BCUT2D eigenvalue weighted by atomic mass is 10.3. The SMILES string of the molecule is CCCCN(C)S(=O)(=O)c1c(N)nn(C)c1C. The van der Waals surface area contributed by atoms with Crippen molar-refractivity contribution in [3.8, 4) is 0 Å². The predicted molar refractivity (Wildman–Crippen MR) is 67.1 cm³/mol. The Bertz CT molecular complexity index is 493. The van der Waals surface area contributed by atoms with Crippen LogP contribution in [0.4, 0.5) is 5.82 Å². The van der Waals surface area contributed by atoms with Crippen LogP contribution in [0.2, 0.25) is 0 Å². The Kier molecular flexibility index (Phi) is 4.16. The second-order valence-electron chi connectivity index (χ2n) is 4.10. The smallest absolute Gasteiger partial charge is 0.248 e. The Morgan fingerprint density at radius 2 is 2.06 bits per heavy atom. The molecule has 1 rings (SSSR count). The molecule has 98 valence electrons. The Labute approximate surface area is 102 Å². The molecule has 6 nitrogen and oxygen atoms in total. The van der Waals surface area contributed by atoms with E-state index in [1.807, 2.05) is 6.92 Å². The first kappa shape index (κ1) is 14.0. The number of sulfonamides is 1. The van der Waals surface area contributed by atoms with Gasteiger partial charge < -0.3 is 5.73 Å². The molecule has 0 aliphatic heterocycles. The molecule has 0 atom stereocenters. The second kappa shape index (κ2) is 5.05. The molecule has 7 heteroatoms. The Balaban J connectivity index is 3.13. The minimum Gasteiger partial charge on any atom is -0.381 e. The van der Waals surface area contributed by atoms with E-state index in [4.69, 9.17) is 5.73 Å². The first-order valence-electron chi connectivity index (χ1n) is 5.57. The third kappa shape index (κ3) is 2.61. The van der Waals surface area contributed by atoms with E-state index in [-0.39, 0.29) is 10.7 Å². The van der Waals surface area contributed by atoms with Gasteiger partial charge in [-0.25, -0.2) is 12.7 Å². The molecule has 0 fully saturated rings. The van der Waals surface area contributed by atoms with Gasteiger partial charge in [-0.05, 0) is 13.3 Å². The van der Waals surface area contributed by atoms with Gasteiger partial charge in [0, 0.05) is 20.6 Å². The Morgan fingerprint density at radius 3 is 2.47 bits per heavy atom. The summed E-state index contributed by atoms with van der Waals surface area (Å²) < 4.78 is 27.4. The summed E-state index contributed by atoms with van der Waals surface area (Å²) in [7, 11) is -0.283. The lowest BCUT2D eigenvalue weighted by Crippen LogP contribution is -2.28. The molecular formula is C10H20N4O2S. The number of nitrogens with zero attached hydrogens (tertiary/aromatic N) is 3. The van der Waals surface area contributed by atoms with E-state index in [1.165, 1.54) is 8.99 Å². The third-order valence-corrected chi connectivity index (χ3v) is 4.82.